The molecule has 3 aromatic heterocycles. The number of carbonyl (C=O) groups excluding carboxylic acids is 1. The quantitative estimate of drug-likeness (QED) is 0.452. The van der Waals surface area contributed by atoms with Crippen LogP contribution in [0.15, 0.2) is 55.0 Å². The van der Waals surface area contributed by atoms with E-state index in [4.69, 9.17) is 0 Å². The first kappa shape index (κ1) is 19.8. The van der Waals surface area contributed by atoms with E-state index in [1.165, 1.54) is 0 Å². The van der Waals surface area contributed by atoms with Gasteiger partial charge in [0.2, 0.25) is 0 Å². The molecule has 3 N–H and O–H groups in total. The highest BCUT2D eigenvalue weighted by Crippen LogP contribution is 2.37. The Labute approximate surface area is 191 Å². The molecule has 1 amide bonds. The third-order valence-corrected chi connectivity index (χ3v) is 6.59. The molecule has 1 fully saturated rings. The minimum absolute atomic E-state index is 0.0682. The summed E-state index contributed by atoms with van der Waals surface area (Å²) in [5.41, 5.74) is 6.48. The molecule has 0 aliphatic carbocycles. The Balaban J connectivity index is 1.31. The maximum Gasteiger partial charge on any atom is 0.254 e. The van der Waals surface area contributed by atoms with Crippen molar-refractivity contribution in [1.29, 1.82) is 0 Å². The van der Waals surface area contributed by atoms with E-state index in [2.05, 4.69) is 54.6 Å². The number of rotatable bonds is 4. The smallest absolute Gasteiger partial charge is 0.254 e. The first-order valence-corrected chi connectivity index (χ1v) is 11.2. The number of nitrogens with zero attached hydrogens (tertiary/aromatic N) is 4. The zero-order valence-electron chi connectivity index (χ0n) is 18.4. The predicted molar refractivity (Wildman–Crippen MR) is 130 cm³/mol. The van der Waals surface area contributed by atoms with Gasteiger partial charge >= 0.3 is 0 Å². The summed E-state index contributed by atoms with van der Waals surface area (Å²) >= 11 is 0. The van der Waals surface area contributed by atoms with Crippen molar-refractivity contribution in [3.63, 3.8) is 0 Å². The van der Waals surface area contributed by atoms with Crippen LogP contribution < -0.4 is 15.5 Å². The fourth-order valence-corrected chi connectivity index (χ4v) is 4.73. The van der Waals surface area contributed by atoms with Crippen LogP contribution in [-0.4, -0.2) is 59.0 Å². The van der Waals surface area contributed by atoms with Gasteiger partial charge in [0.15, 0.2) is 0 Å². The lowest BCUT2D eigenvalue weighted by molar-refractivity contribution is 0.0966. The van der Waals surface area contributed by atoms with Crippen molar-refractivity contribution in [3.05, 3.63) is 66.1 Å². The van der Waals surface area contributed by atoms with Crippen molar-refractivity contribution in [3.8, 4) is 11.1 Å². The van der Waals surface area contributed by atoms with E-state index in [0.29, 0.717) is 12.1 Å². The summed E-state index contributed by atoms with van der Waals surface area (Å²) in [6.45, 7) is 4.62. The molecule has 166 valence electrons. The molecular weight excluding hydrogens is 414 g/mol. The predicted octanol–water partition coefficient (Wildman–Crippen LogP) is 3.36. The molecule has 6 rings (SSSR count). The van der Waals surface area contributed by atoms with Crippen LogP contribution in [-0.2, 0) is 6.54 Å². The first-order valence-electron chi connectivity index (χ1n) is 11.2. The number of hydrogen-bond donors (Lipinski definition) is 3. The molecule has 0 saturated carbocycles. The fraction of sp³-hybridized carbons (Fsp3) is 0.240. The standard InChI is InChI=1S/C25H25N7O/c1-31-9-11-32(12-10-31)16-4-7-22(27-13-16)30-21-6-5-17(20-15-29-25(33)23(20)21)19-14-28-24-18(19)3-2-8-26-24/h2-8,13-14H,9-12,15H2,1H3,(H,26,28)(H,27,30)(H,29,33). The normalized spacial score (nSPS) is 16.2. The van der Waals surface area contributed by atoms with Crippen LogP contribution in [0.5, 0.6) is 0 Å². The number of hydrogen-bond acceptors (Lipinski definition) is 6. The van der Waals surface area contributed by atoms with Gasteiger partial charge in [0.05, 0.1) is 23.1 Å². The van der Waals surface area contributed by atoms with Crippen LogP contribution in [0, 0.1) is 0 Å². The van der Waals surface area contributed by atoms with Crippen LogP contribution in [0.3, 0.4) is 0 Å². The van der Waals surface area contributed by atoms with E-state index < -0.39 is 0 Å². The molecular formula is C25H25N7O. The topological polar surface area (TPSA) is 89.2 Å². The number of amides is 1. The van der Waals surface area contributed by atoms with Crippen LogP contribution in [0.25, 0.3) is 22.2 Å². The maximum absolute atomic E-state index is 12.7. The van der Waals surface area contributed by atoms with Crippen LogP contribution in [0.2, 0.25) is 0 Å². The summed E-state index contributed by atoms with van der Waals surface area (Å²) in [4.78, 5) is 29.7. The second-order valence-corrected chi connectivity index (χ2v) is 8.62. The molecule has 8 heteroatoms. The number of fused-ring (bicyclic) bond motifs is 2. The zero-order valence-corrected chi connectivity index (χ0v) is 18.4. The highest BCUT2D eigenvalue weighted by atomic mass is 16.1. The summed E-state index contributed by atoms with van der Waals surface area (Å²) in [5, 5.41) is 7.39. The first-order chi connectivity index (χ1) is 16.2. The van der Waals surface area contributed by atoms with E-state index in [9.17, 15) is 4.79 Å². The van der Waals surface area contributed by atoms with Gasteiger partial charge < -0.3 is 25.4 Å². The molecule has 0 spiro atoms. The van der Waals surface area contributed by atoms with Crippen molar-refractivity contribution in [2.75, 3.05) is 43.4 Å². The number of anilines is 3. The average molecular weight is 440 g/mol. The summed E-state index contributed by atoms with van der Waals surface area (Å²) < 4.78 is 0. The molecule has 1 aromatic carbocycles. The van der Waals surface area contributed by atoms with Gasteiger partial charge in [-0.3, -0.25) is 4.79 Å². The van der Waals surface area contributed by atoms with Crippen molar-refractivity contribution >= 4 is 34.1 Å². The zero-order chi connectivity index (χ0) is 22.4. The van der Waals surface area contributed by atoms with Gasteiger partial charge in [-0.2, -0.15) is 0 Å². The highest BCUT2D eigenvalue weighted by molar-refractivity contribution is 6.07. The Bertz CT molecular complexity index is 1340. The second-order valence-electron chi connectivity index (χ2n) is 8.62. The van der Waals surface area contributed by atoms with Gasteiger partial charge in [0.25, 0.3) is 5.91 Å². The molecule has 0 bridgehead atoms. The summed E-state index contributed by atoms with van der Waals surface area (Å²) in [5.74, 6) is 0.653. The number of benzene rings is 1. The molecule has 4 aromatic rings. The van der Waals surface area contributed by atoms with E-state index >= 15 is 0 Å². The molecule has 0 unspecified atom stereocenters. The summed E-state index contributed by atoms with van der Waals surface area (Å²) in [6.07, 6.45) is 5.64. The summed E-state index contributed by atoms with van der Waals surface area (Å²) in [7, 11) is 2.15. The van der Waals surface area contributed by atoms with Crippen molar-refractivity contribution < 1.29 is 4.79 Å². The number of aromatic nitrogens is 3. The Hall–Kier alpha value is -3.91. The number of piperazine rings is 1. The van der Waals surface area contributed by atoms with E-state index in [-0.39, 0.29) is 5.91 Å². The monoisotopic (exact) mass is 439 g/mol. The van der Waals surface area contributed by atoms with Crippen molar-refractivity contribution in [2.45, 2.75) is 6.54 Å². The molecule has 2 aliphatic rings. The van der Waals surface area contributed by atoms with Crippen molar-refractivity contribution in [1.82, 2.24) is 25.2 Å². The lowest BCUT2D eigenvalue weighted by Gasteiger charge is -2.33. The minimum atomic E-state index is -0.0682. The van der Waals surface area contributed by atoms with Crippen LogP contribution in [0.1, 0.15) is 15.9 Å². The Morgan fingerprint density at radius 1 is 1.00 bits per heavy atom. The van der Waals surface area contributed by atoms with E-state index in [1.54, 1.807) is 6.20 Å². The lowest BCUT2D eigenvalue weighted by Crippen LogP contribution is -2.44. The average Bonchev–Trinajstić information content (AvgIpc) is 3.45. The van der Waals surface area contributed by atoms with Gasteiger partial charge in [-0.25, -0.2) is 9.97 Å². The summed E-state index contributed by atoms with van der Waals surface area (Å²) in [6, 6.07) is 12.1. The fourth-order valence-electron chi connectivity index (χ4n) is 4.73. The van der Waals surface area contributed by atoms with Gasteiger partial charge in [0, 0.05) is 56.1 Å². The number of aromatic amines is 1. The Kier molecular flexibility index (Phi) is 4.73. The highest BCUT2D eigenvalue weighted by Gasteiger charge is 2.27. The Morgan fingerprint density at radius 3 is 2.70 bits per heavy atom. The molecule has 5 heterocycles. The third kappa shape index (κ3) is 3.48. The molecule has 2 aliphatic heterocycles. The SMILES string of the molecule is CN1CCN(c2ccc(Nc3ccc(-c4c[nH]c5ncccc45)c4c3C(=O)NC4)nc2)CC1. The third-order valence-electron chi connectivity index (χ3n) is 6.59. The molecule has 1 saturated heterocycles. The van der Waals surface area contributed by atoms with Gasteiger partial charge in [-0.15, -0.1) is 0 Å². The minimum Gasteiger partial charge on any atom is -0.368 e. The molecule has 8 nitrogen and oxygen atoms in total. The number of H-pyrrole nitrogens is 1. The van der Waals surface area contributed by atoms with Gasteiger partial charge in [-0.1, -0.05) is 6.07 Å². The van der Waals surface area contributed by atoms with Crippen LogP contribution >= 0.6 is 0 Å². The molecule has 0 atom stereocenters. The van der Waals surface area contributed by atoms with E-state index in [0.717, 1.165) is 71.1 Å². The largest absolute Gasteiger partial charge is 0.368 e. The van der Waals surface area contributed by atoms with Crippen molar-refractivity contribution in [2.24, 2.45) is 0 Å². The number of likely N-dealkylation sites (N-methyl/N-ethyl adjacent to an activating group) is 1. The lowest BCUT2D eigenvalue weighted by atomic mass is 9.95. The molecule has 0 radical (unpaired) electrons. The van der Waals surface area contributed by atoms with Gasteiger partial charge in [0.1, 0.15) is 11.5 Å². The number of pyridine rings is 2. The second kappa shape index (κ2) is 7.90. The maximum atomic E-state index is 12.7. The number of nitrogens with one attached hydrogen (secondary N) is 3. The molecule has 33 heavy (non-hydrogen) atoms. The number of carbonyl (C=O) groups is 1. The van der Waals surface area contributed by atoms with Gasteiger partial charge in [-0.05, 0) is 48.5 Å². The Morgan fingerprint density at radius 2 is 1.88 bits per heavy atom. The van der Waals surface area contributed by atoms with Crippen LogP contribution in [0.4, 0.5) is 17.2 Å². The van der Waals surface area contributed by atoms with E-state index in [1.807, 2.05) is 36.7 Å².